The Morgan fingerprint density at radius 1 is 0.667 bits per heavy atom. The second-order valence-electron chi connectivity index (χ2n) is 8.62. The maximum absolute atomic E-state index is 13.6. The zero-order valence-electron chi connectivity index (χ0n) is 18.9. The Balaban J connectivity index is 1.36. The molecule has 0 radical (unpaired) electrons. The molecule has 0 spiro atoms. The third kappa shape index (κ3) is 4.51. The summed E-state index contributed by atoms with van der Waals surface area (Å²) in [6.45, 7) is 7.19. The van der Waals surface area contributed by atoms with Crippen molar-refractivity contribution in [2.75, 3.05) is 70.5 Å². The Kier molecular flexibility index (Phi) is 6.41. The van der Waals surface area contributed by atoms with Crippen molar-refractivity contribution in [3.8, 4) is 0 Å². The largest absolute Gasteiger partial charge is 0.379 e. The van der Waals surface area contributed by atoms with Gasteiger partial charge in [-0.25, -0.2) is 0 Å². The molecule has 0 unspecified atom stereocenters. The average molecular weight is 447 g/mol. The number of imide groups is 1. The molecule has 0 atom stereocenters. The van der Waals surface area contributed by atoms with Crippen LogP contribution >= 0.6 is 0 Å². The van der Waals surface area contributed by atoms with E-state index in [2.05, 4.69) is 26.8 Å². The third-order valence-corrected chi connectivity index (χ3v) is 6.67. The third-order valence-electron chi connectivity index (χ3n) is 6.67. The van der Waals surface area contributed by atoms with E-state index in [0.29, 0.717) is 50.7 Å². The average Bonchev–Trinajstić information content (AvgIpc) is 3.13. The summed E-state index contributed by atoms with van der Waals surface area (Å²) in [5, 5.41) is 0. The summed E-state index contributed by atoms with van der Waals surface area (Å²) in [6.07, 6.45) is 0. The van der Waals surface area contributed by atoms with Gasteiger partial charge in [-0.2, -0.15) is 0 Å². The Morgan fingerprint density at radius 3 is 1.94 bits per heavy atom. The van der Waals surface area contributed by atoms with Crippen LogP contribution in [0.4, 0.5) is 5.69 Å². The maximum Gasteiger partial charge on any atom is 0.277 e. The molecule has 0 saturated carbocycles. The van der Waals surface area contributed by atoms with E-state index < -0.39 is 0 Å². The van der Waals surface area contributed by atoms with Gasteiger partial charge in [-0.15, -0.1) is 0 Å². The van der Waals surface area contributed by atoms with Crippen LogP contribution in [0.3, 0.4) is 0 Å². The van der Waals surface area contributed by atoms with Crippen LogP contribution in [0.5, 0.6) is 0 Å². The summed E-state index contributed by atoms with van der Waals surface area (Å²) in [4.78, 5) is 35.2. The van der Waals surface area contributed by atoms with E-state index in [9.17, 15) is 9.59 Å². The Hall–Kier alpha value is -3.16. The standard InChI is InChI=1S/C26H30N4O3/c31-25-23(21-7-3-1-4-8-21)24(26(32)30(25)16-11-27-17-19-33-20-18-27)29-14-12-28(13-15-29)22-9-5-2-6-10-22/h1-10H,11-20H2. The highest BCUT2D eigenvalue weighted by Crippen LogP contribution is 2.32. The Morgan fingerprint density at radius 2 is 1.27 bits per heavy atom. The molecule has 7 heteroatoms. The van der Waals surface area contributed by atoms with Gasteiger partial charge in [0.25, 0.3) is 11.8 Å². The molecule has 3 heterocycles. The van der Waals surface area contributed by atoms with E-state index in [1.54, 1.807) is 0 Å². The van der Waals surface area contributed by atoms with Gasteiger partial charge < -0.3 is 14.5 Å². The first-order chi connectivity index (χ1) is 16.2. The number of anilines is 1. The second-order valence-corrected chi connectivity index (χ2v) is 8.62. The lowest BCUT2D eigenvalue weighted by molar-refractivity contribution is -0.138. The van der Waals surface area contributed by atoms with E-state index in [1.165, 1.54) is 10.6 Å². The van der Waals surface area contributed by atoms with E-state index in [-0.39, 0.29) is 11.8 Å². The second kappa shape index (κ2) is 9.77. The first-order valence-corrected chi connectivity index (χ1v) is 11.7. The van der Waals surface area contributed by atoms with Crippen molar-refractivity contribution < 1.29 is 14.3 Å². The molecule has 33 heavy (non-hydrogen) atoms. The number of morpholine rings is 1. The fourth-order valence-electron chi connectivity index (χ4n) is 4.82. The minimum absolute atomic E-state index is 0.166. The van der Waals surface area contributed by atoms with Crippen molar-refractivity contribution in [2.45, 2.75) is 0 Å². The zero-order chi connectivity index (χ0) is 22.6. The summed E-state index contributed by atoms with van der Waals surface area (Å²) < 4.78 is 5.42. The van der Waals surface area contributed by atoms with Crippen molar-refractivity contribution in [2.24, 2.45) is 0 Å². The fourth-order valence-corrected chi connectivity index (χ4v) is 4.82. The van der Waals surface area contributed by atoms with Crippen LogP contribution in [0, 0.1) is 0 Å². The molecule has 0 N–H and O–H groups in total. The number of nitrogens with zero attached hydrogens (tertiary/aromatic N) is 4. The number of hydrogen-bond donors (Lipinski definition) is 0. The zero-order valence-corrected chi connectivity index (χ0v) is 18.9. The molecular formula is C26H30N4O3. The molecule has 0 aliphatic carbocycles. The summed E-state index contributed by atoms with van der Waals surface area (Å²) in [5.74, 6) is -0.347. The van der Waals surface area contributed by atoms with Crippen LogP contribution in [-0.2, 0) is 14.3 Å². The predicted molar refractivity (Wildman–Crippen MR) is 128 cm³/mol. The number of piperazine rings is 1. The Labute approximate surface area is 194 Å². The van der Waals surface area contributed by atoms with Crippen LogP contribution in [-0.4, -0.2) is 92.1 Å². The van der Waals surface area contributed by atoms with Gasteiger partial charge in [-0.3, -0.25) is 19.4 Å². The first-order valence-electron chi connectivity index (χ1n) is 11.7. The lowest BCUT2D eigenvalue weighted by Gasteiger charge is -2.37. The highest BCUT2D eigenvalue weighted by Gasteiger charge is 2.42. The van der Waals surface area contributed by atoms with Crippen molar-refractivity contribution in [1.82, 2.24) is 14.7 Å². The first kappa shape index (κ1) is 21.7. The molecule has 2 fully saturated rings. The summed E-state index contributed by atoms with van der Waals surface area (Å²) in [5.41, 5.74) is 3.09. The van der Waals surface area contributed by atoms with Gasteiger partial charge in [0.05, 0.1) is 18.8 Å². The SMILES string of the molecule is O=C1C(c2ccccc2)=C(N2CCN(c3ccccc3)CC2)C(=O)N1CCN1CCOCC1. The van der Waals surface area contributed by atoms with Gasteiger partial charge in [-0.1, -0.05) is 48.5 Å². The van der Waals surface area contributed by atoms with Crippen molar-refractivity contribution >= 4 is 23.1 Å². The van der Waals surface area contributed by atoms with Gasteiger partial charge in [-0.05, 0) is 17.7 Å². The van der Waals surface area contributed by atoms with E-state index in [0.717, 1.165) is 31.7 Å². The van der Waals surface area contributed by atoms with Crippen LogP contribution in [0.2, 0.25) is 0 Å². The molecule has 5 rings (SSSR count). The topological polar surface area (TPSA) is 56.3 Å². The molecule has 0 aromatic heterocycles. The molecule has 172 valence electrons. The molecule has 2 aromatic rings. The normalized spacial score (nSPS) is 20.2. The number of hydrogen-bond acceptors (Lipinski definition) is 6. The van der Waals surface area contributed by atoms with Gasteiger partial charge in [0.2, 0.25) is 0 Å². The lowest BCUT2D eigenvalue weighted by Crippen LogP contribution is -2.48. The van der Waals surface area contributed by atoms with Gasteiger partial charge in [0.1, 0.15) is 5.70 Å². The van der Waals surface area contributed by atoms with Crippen LogP contribution in [0.1, 0.15) is 5.56 Å². The van der Waals surface area contributed by atoms with Crippen LogP contribution in [0.15, 0.2) is 66.4 Å². The Bertz CT molecular complexity index is 1010. The molecule has 2 saturated heterocycles. The van der Waals surface area contributed by atoms with Crippen molar-refractivity contribution in [3.63, 3.8) is 0 Å². The van der Waals surface area contributed by atoms with Crippen LogP contribution in [0.25, 0.3) is 5.57 Å². The smallest absolute Gasteiger partial charge is 0.277 e. The number of benzene rings is 2. The molecule has 0 bridgehead atoms. The fraction of sp³-hybridized carbons (Fsp3) is 0.385. The maximum atomic E-state index is 13.6. The van der Waals surface area contributed by atoms with Gasteiger partial charge in [0.15, 0.2) is 0 Å². The van der Waals surface area contributed by atoms with E-state index >= 15 is 0 Å². The quantitative estimate of drug-likeness (QED) is 0.632. The minimum atomic E-state index is -0.181. The summed E-state index contributed by atoms with van der Waals surface area (Å²) in [6, 6.07) is 19.9. The lowest BCUT2D eigenvalue weighted by atomic mass is 10.0. The number of ether oxygens (including phenoxy) is 1. The molecule has 2 aromatic carbocycles. The van der Waals surface area contributed by atoms with E-state index in [4.69, 9.17) is 4.74 Å². The summed E-state index contributed by atoms with van der Waals surface area (Å²) in [7, 11) is 0. The van der Waals surface area contributed by atoms with E-state index in [1.807, 2.05) is 48.5 Å². The molecule has 3 aliphatic heterocycles. The van der Waals surface area contributed by atoms with Crippen molar-refractivity contribution in [3.05, 3.63) is 71.9 Å². The number of carbonyl (C=O) groups excluding carboxylic acids is 2. The number of rotatable bonds is 6. The highest BCUT2D eigenvalue weighted by molar-refractivity contribution is 6.35. The van der Waals surface area contributed by atoms with Crippen molar-refractivity contribution in [1.29, 1.82) is 0 Å². The molecular weight excluding hydrogens is 416 g/mol. The minimum Gasteiger partial charge on any atom is -0.379 e. The molecule has 7 nitrogen and oxygen atoms in total. The van der Waals surface area contributed by atoms with Gasteiger partial charge in [0, 0.05) is 58.0 Å². The highest BCUT2D eigenvalue weighted by atomic mass is 16.5. The molecule has 2 amide bonds. The number of amides is 2. The monoisotopic (exact) mass is 446 g/mol. The molecule has 3 aliphatic rings. The number of carbonyl (C=O) groups is 2. The summed E-state index contributed by atoms with van der Waals surface area (Å²) >= 11 is 0. The van der Waals surface area contributed by atoms with Gasteiger partial charge >= 0.3 is 0 Å². The number of para-hydroxylation sites is 1. The van der Waals surface area contributed by atoms with Crippen LogP contribution < -0.4 is 4.90 Å². The predicted octanol–water partition coefficient (Wildman–Crippen LogP) is 1.92.